The highest BCUT2D eigenvalue weighted by atomic mass is 16.7. The molecule has 0 amide bonds. The standard InChI is InChI=1S/C86H161NO8/c1-6-8-10-12-14-16-18-20-22-24-26-28-30-32-34-36-38-39-40-41-42-43-44-45-47-49-51-53-55-57-59-61-63-65-67-69-71-73-75-77-84(89)95-82(81-94-86(85(90)91)92-79-78-87(3,4)5)80-93-83(88)76-74-72-70-68-66-64-62-60-58-56-54-52-50-48-46-37-35-33-31-29-27-25-23-21-19-17-15-13-11-9-7-2/h8,10,14,16,20,22,26,28,82,86H,6-7,9,11-13,15,17-19,21,23-25,27,29-81H2,1-5H3/b10-8-,16-14-,22-20-,28-26-. The van der Waals surface area contributed by atoms with E-state index in [0.29, 0.717) is 17.4 Å². The van der Waals surface area contributed by atoms with Crippen LogP contribution in [0.1, 0.15) is 425 Å². The van der Waals surface area contributed by atoms with E-state index in [1.807, 2.05) is 21.1 Å². The molecule has 558 valence electrons. The number of carboxylic acid groups (broad SMARTS) is 1. The highest BCUT2D eigenvalue weighted by Crippen LogP contribution is 2.20. The number of carboxylic acids is 1. The first kappa shape index (κ1) is 92.2. The van der Waals surface area contributed by atoms with Crippen LogP contribution in [0.2, 0.25) is 0 Å². The molecule has 9 heteroatoms. The number of esters is 2. The van der Waals surface area contributed by atoms with Crippen LogP contribution in [0.15, 0.2) is 48.6 Å². The SMILES string of the molecule is CC/C=C\C/C=C\C/C=C\C/C=C\CCCCCCCCCCCCCCCCCCCCCCCCCCCCC(=O)OC(COC(=O)CCCCCCCCCCCCCCCCCCCCCCCCCCCCCCCCC)COC(OCC[N+](C)(C)C)C(=O)[O-]. The largest absolute Gasteiger partial charge is 0.545 e. The van der Waals surface area contributed by atoms with Gasteiger partial charge in [-0.3, -0.25) is 9.59 Å². The molecule has 0 bridgehead atoms. The maximum Gasteiger partial charge on any atom is 0.306 e. The van der Waals surface area contributed by atoms with E-state index >= 15 is 0 Å². The van der Waals surface area contributed by atoms with Gasteiger partial charge in [0.15, 0.2) is 12.4 Å². The number of carbonyl (C=O) groups is 3. The Balaban J connectivity index is 3.93. The Morgan fingerprint density at radius 2 is 0.600 bits per heavy atom. The van der Waals surface area contributed by atoms with Gasteiger partial charge in [-0.25, -0.2) is 0 Å². The Morgan fingerprint density at radius 3 is 0.895 bits per heavy atom. The molecule has 0 spiro atoms. The number of aliphatic carboxylic acids is 1. The molecule has 0 fully saturated rings. The van der Waals surface area contributed by atoms with Crippen molar-refractivity contribution in [3.05, 3.63) is 48.6 Å². The van der Waals surface area contributed by atoms with Gasteiger partial charge < -0.3 is 33.3 Å². The second-order valence-corrected chi connectivity index (χ2v) is 29.8. The lowest BCUT2D eigenvalue weighted by Crippen LogP contribution is -2.44. The minimum atomic E-state index is -1.62. The molecule has 0 saturated heterocycles. The molecule has 2 unspecified atom stereocenters. The van der Waals surface area contributed by atoms with Crippen LogP contribution in [0.4, 0.5) is 0 Å². The zero-order chi connectivity index (χ0) is 69.0. The summed E-state index contributed by atoms with van der Waals surface area (Å²) in [5.41, 5.74) is 0. The van der Waals surface area contributed by atoms with Crippen LogP contribution >= 0.6 is 0 Å². The molecule has 0 aromatic rings. The predicted molar refractivity (Wildman–Crippen MR) is 408 cm³/mol. The number of ether oxygens (including phenoxy) is 4. The minimum Gasteiger partial charge on any atom is -0.545 e. The first-order chi connectivity index (χ1) is 46.6. The van der Waals surface area contributed by atoms with Gasteiger partial charge in [0.25, 0.3) is 0 Å². The first-order valence-corrected chi connectivity index (χ1v) is 41.8. The second kappa shape index (κ2) is 77.0. The van der Waals surface area contributed by atoms with Gasteiger partial charge in [0.1, 0.15) is 13.2 Å². The van der Waals surface area contributed by atoms with Crippen LogP contribution < -0.4 is 5.11 Å². The molecule has 9 nitrogen and oxygen atoms in total. The van der Waals surface area contributed by atoms with Crippen molar-refractivity contribution in [2.45, 2.75) is 437 Å². The van der Waals surface area contributed by atoms with Crippen molar-refractivity contribution < 1.29 is 42.9 Å². The summed E-state index contributed by atoms with van der Waals surface area (Å²) in [5.74, 6) is -2.24. The Kier molecular flexibility index (Phi) is 74.8. The summed E-state index contributed by atoms with van der Waals surface area (Å²) in [4.78, 5) is 37.6. The topological polar surface area (TPSA) is 111 Å². The van der Waals surface area contributed by atoms with E-state index in [-0.39, 0.29) is 32.2 Å². The normalized spacial score (nSPS) is 12.8. The van der Waals surface area contributed by atoms with Crippen molar-refractivity contribution in [1.82, 2.24) is 0 Å². The van der Waals surface area contributed by atoms with E-state index in [2.05, 4.69) is 62.5 Å². The predicted octanol–water partition coefficient (Wildman–Crippen LogP) is 25.5. The van der Waals surface area contributed by atoms with E-state index in [1.165, 1.54) is 334 Å². The minimum absolute atomic E-state index is 0.152. The van der Waals surface area contributed by atoms with E-state index in [1.54, 1.807) is 0 Å². The number of quaternary nitrogens is 1. The van der Waals surface area contributed by atoms with Gasteiger partial charge in [-0.2, -0.15) is 0 Å². The van der Waals surface area contributed by atoms with E-state index in [0.717, 1.165) is 64.2 Å². The molecule has 0 saturated carbocycles. The first-order valence-electron chi connectivity index (χ1n) is 41.8. The zero-order valence-corrected chi connectivity index (χ0v) is 64.1. The molecule has 0 aliphatic carbocycles. The summed E-state index contributed by atoms with van der Waals surface area (Å²) >= 11 is 0. The molecular formula is C86H161NO8. The van der Waals surface area contributed by atoms with Crippen LogP contribution in [0.5, 0.6) is 0 Å². The molecule has 0 heterocycles. The Labute approximate surface area is 591 Å². The van der Waals surface area contributed by atoms with Gasteiger partial charge in [0.2, 0.25) is 0 Å². The van der Waals surface area contributed by atoms with Gasteiger partial charge in [-0.05, 0) is 51.4 Å². The number of nitrogens with zero attached hydrogens (tertiary/aromatic N) is 1. The number of hydrogen-bond acceptors (Lipinski definition) is 8. The van der Waals surface area contributed by atoms with E-state index in [9.17, 15) is 19.5 Å². The number of rotatable bonds is 79. The Hall–Kier alpha value is -2.75. The fourth-order valence-electron chi connectivity index (χ4n) is 12.8. The molecule has 0 aromatic carbocycles. The lowest BCUT2D eigenvalue weighted by Gasteiger charge is -2.26. The van der Waals surface area contributed by atoms with Crippen molar-refractivity contribution >= 4 is 17.9 Å². The number of likely N-dealkylation sites (N-methyl/N-ethyl adjacent to an activating group) is 1. The van der Waals surface area contributed by atoms with Crippen LogP contribution in [0.3, 0.4) is 0 Å². The summed E-state index contributed by atoms with van der Waals surface area (Å²) in [6.45, 7) is 4.72. The molecule has 95 heavy (non-hydrogen) atoms. The third-order valence-electron chi connectivity index (χ3n) is 19.1. The van der Waals surface area contributed by atoms with Gasteiger partial charge in [-0.15, -0.1) is 0 Å². The summed E-state index contributed by atoms with van der Waals surface area (Å²) in [6.07, 6.45) is 98.3. The molecule has 0 N–H and O–H groups in total. The Bertz CT molecular complexity index is 1700. The Morgan fingerprint density at radius 1 is 0.326 bits per heavy atom. The number of allylic oxidation sites excluding steroid dienone is 8. The number of carbonyl (C=O) groups excluding carboxylic acids is 3. The highest BCUT2D eigenvalue weighted by molar-refractivity contribution is 5.70. The molecular weight excluding hydrogens is 1170 g/mol. The molecule has 0 aliphatic heterocycles. The average Bonchev–Trinajstić information content (AvgIpc) is 2.92. The van der Waals surface area contributed by atoms with Crippen molar-refractivity contribution in [2.75, 3.05) is 47.5 Å². The maximum atomic E-state index is 13.0. The van der Waals surface area contributed by atoms with Crippen LogP contribution in [0, 0.1) is 0 Å². The number of hydrogen-bond donors (Lipinski definition) is 0. The van der Waals surface area contributed by atoms with Crippen LogP contribution in [-0.2, 0) is 33.3 Å². The summed E-state index contributed by atoms with van der Waals surface area (Å²) in [6, 6.07) is 0. The summed E-state index contributed by atoms with van der Waals surface area (Å²) in [7, 11) is 5.96. The van der Waals surface area contributed by atoms with Crippen molar-refractivity contribution in [3.63, 3.8) is 0 Å². The molecule has 0 aromatic heterocycles. The van der Waals surface area contributed by atoms with Crippen molar-refractivity contribution in [1.29, 1.82) is 0 Å². The fraction of sp³-hybridized carbons (Fsp3) is 0.872. The zero-order valence-electron chi connectivity index (χ0n) is 64.1. The monoisotopic (exact) mass is 1340 g/mol. The lowest BCUT2D eigenvalue weighted by atomic mass is 10.0. The highest BCUT2D eigenvalue weighted by Gasteiger charge is 2.22. The smallest absolute Gasteiger partial charge is 0.306 e. The van der Waals surface area contributed by atoms with Gasteiger partial charge in [0.05, 0.1) is 40.3 Å². The van der Waals surface area contributed by atoms with E-state index < -0.39 is 24.3 Å². The third kappa shape index (κ3) is 78.5. The quantitative estimate of drug-likeness (QED) is 0.0195. The van der Waals surface area contributed by atoms with Crippen LogP contribution in [-0.4, -0.2) is 82.3 Å². The van der Waals surface area contributed by atoms with Crippen molar-refractivity contribution in [2.24, 2.45) is 0 Å². The van der Waals surface area contributed by atoms with E-state index in [4.69, 9.17) is 18.9 Å². The summed E-state index contributed by atoms with van der Waals surface area (Å²) in [5, 5.41) is 11.9. The van der Waals surface area contributed by atoms with Gasteiger partial charge >= 0.3 is 11.9 Å². The molecule has 0 aliphatic rings. The average molecular weight is 1340 g/mol. The maximum absolute atomic E-state index is 13.0. The van der Waals surface area contributed by atoms with Crippen molar-refractivity contribution in [3.8, 4) is 0 Å². The van der Waals surface area contributed by atoms with Crippen LogP contribution in [0.25, 0.3) is 0 Å². The molecule has 0 rings (SSSR count). The van der Waals surface area contributed by atoms with Gasteiger partial charge in [0, 0.05) is 12.8 Å². The van der Waals surface area contributed by atoms with Gasteiger partial charge in [-0.1, -0.05) is 409 Å². The lowest BCUT2D eigenvalue weighted by molar-refractivity contribution is -0.870. The third-order valence-corrected chi connectivity index (χ3v) is 19.1. The molecule has 2 atom stereocenters. The second-order valence-electron chi connectivity index (χ2n) is 29.8. The number of unbranched alkanes of at least 4 members (excludes halogenated alkanes) is 56. The molecule has 0 radical (unpaired) electrons. The fourth-order valence-corrected chi connectivity index (χ4v) is 12.8. The summed E-state index contributed by atoms with van der Waals surface area (Å²) < 4.78 is 22.9.